The third-order valence-corrected chi connectivity index (χ3v) is 3.59. The van der Waals surface area contributed by atoms with E-state index in [-0.39, 0.29) is 12.1 Å². The van der Waals surface area contributed by atoms with Crippen molar-refractivity contribution < 1.29 is 9.53 Å². The summed E-state index contributed by atoms with van der Waals surface area (Å²) in [6.45, 7) is 5.73. The van der Waals surface area contributed by atoms with Crippen LogP contribution < -0.4 is 15.5 Å². The van der Waals surface area contributed by atoms with Crippen LogP contribution in [0, 0.1) is 0 Å². The van der Waals surface area contributed by atoms with Crippen LogP contribution in [0.1, 0.15) is 18.9 Å². The summed E-state index contributed by atoms with van der Waals surface area (Å²) in [5.41, 5.74) is 2.55. The zero-order valence-corrected chi connectivity index (χ0v) is 12.2. The molecule has 1 saturated heterocycles. The molecule has 1 aliphatic rings. The third-order valence-electron chi connectivity index (χ3n) is 3.59. The smallest absolute Gasteiger partial charge is 0.407 e. The number of para-hydroxylation sites is 1. The van der Waals surface area contributed by atoms with Crippen molar-refractivity contribution in [1.82, 2.24) is 10.6 Å². The Morgan fingerprint density at radius 2 is 2.25 bits per heavy atom. The third kappa shape index (κ3) is 3.63. The number of hydrogen-bond donors (Lipinski definition) is 2. The first-order chi connectivity index (χ1) is 9.74. The lowest BCUT2D eigenvalue weighted by Crippen LogP contribution is -2.37. The summed E-state index contributed by atoms with van der Waals surface area (Å²) in [6, 6.07) is 8.59. The highest BCUT2D eigenvalue weighted by atomic mass is 16.5. The molecule has 5 nitrogen and oxygen atoms in total. The van der Waals surface area contributed by atoms with Crippen molar-refractivity contribution in [3.05, 3.63) is 29.8 Å². The number of benzene rings is 1. The van der Waals surface area contributed by atoms with Gasteiger partial charge in [0.05, 0.1) is 13.2 Å². The van der Waals surface area contributed by atoms with Gasteiger partial charge in [0.2, 0.25) is 0 Å². The highest BCUT2D eigenvalue weighted by Crippen LogP contribution is 2.24. The summed E-state index contributed by atoms with van der Waals surface area (Å²) < 4.78 is 4.65. The number of amides is 1. The van der Waals surface area contributed by atoms with Gasteiger partial charge in [0.25, 0.3) is 0 Å². The van der Waals surface area contributed by atoms with E-state index in [1.165, 1.54) is 18.4 Å². The molecule has 0 aromatic heterocycles. The van der Waals surface area contributed by atoms with Gasteiger partial charge in [-0.15, -0.1) is 0 Å². The minimum atomic E-state index is -0.349. The molecule has 0 radical (unpaired) electrons. The van der Waals surface area contributed by atoms with Crippen molar-refractivity contribution in [2.75, 3.05) is 31.6 Å². The molecule has 2 N–H and O–H groups in total. The molecule has 5 heteroatoms. The van der Waals surface area contributed by atoms with E-state index in [9.17, 15) is 4.79 Å². The molecular formula is C15H23N3O2. The minimum Gasteiger partial charge on any atom is -0.453 e. The number of carbonyl (C=O) groups excluding carboxylic acids is 1. The minimum absolute atomic E-state index is 0.162. The standard InChI is InChI=1S/C15H23N3O2/c1-3-16-10-12-6-4-5-7-14(12)18-9-8-13(11-18)17-15(19)20-2/h4-7,13,16H,3,8-11H2,1-2H3,(H,17,19). The van der Waals surface area contributed by atoms with E-state index >= 15 is 0 Å². The van der Waals surface area contributed by atoms with Crippen LogP contribution in [0.4, 0.5) is 10.5 Å². The Bertz CT molecular complexity index is 450. The van der Waals surface area contributed by atoms with E-state index in [4.69, 9.17) is 0 Å². The molecule has 0 aliphatic carbocycles. The first kappa shape index (κ1) is 14.7. The molecule has 1 aromatic rings. The first-order valence-corrected chi connectivity index (χ1v) is 7.12. The van der Waals surface area contributed by atoms with Crippen molar-refractivity contribution in [2.24, 2.45) is 0 Å². The van der Waals surface area contributed by atoms with Gasteiger partial charge in [0, 0.05) is 25.3 Å². The summed E-state index contributed by atoms with van der Waals surface area (Å²) in [7, 11) is 1.40. The molecule has 20 heavy (non-hydrogen) atoms. The van der Waals surface area contributed by atoms with Crippen molar-refractivity contribution in [3.8, 4) is 0 Å². The van der Waals surface area contributed by atoms with Gasteiger partial charge < -0.3 is 20.3 Å². The van der Waals surface area contributed by atoms with Crippen LogP contribution in [0.2, 0.25) is 0 Å². The van der Waals surface area contributed by atoms with E-state index in [1.807, 2.05) is 0 Å². The fourth-order valence-corrected chi connectivity index (χ4v) is 2.55. The van der Waals surface area contributed by atoms with Gasteiger partial charge in [-0.05, 0) is 24.6 Å². The average Bonchev–Trinajstić information content (AvgIpc) is 2.93. The second kappa shape index (κ2) is 7.14. The highest BCUT2D eigenvalue weighted by Gasteiger charge is 2.25. The Labute approximate surface area is 120 Å². The zero-order valence-electron chi connectivity index (χ0n) is 12.2. The quantitative estimate of drug-likeness (QED) is 0.860. The van der Waals surface area contributed by atoms with Crippen LogP contribution in [0.3, 0.4) is 0 Å². The van der Waals surface area contributed by atoms with Crippen molar-refractivity contribution >= 4 is 11.8 Å². The Balaban J connectivity index is 2.00. The number of alkyl carbamates (subject to hydrolysis) is 1. The van der Waals surface area contributed by atoms with E-state index in [1.54, 1.807) is 0 Å². The van der Waals surface area contributed by atoms with Crippen molar-refractivity contribution in [2.45, 2.75) is 25.9 Å². The van der Waals surface area contributed by atoms with E-state index in [0.29, 0.717) is 0 Å². The van der Waals surface area contributed by atoms with Crippen LogP contribution in [-0.2, 0) is 11.3 Å². The highest BCUT2D eigenvalue weighted by molar-refractivity contribution is 5.67. The van der Waals surface area contributed by atoms with Gasteiger partial charge in [0.15, 0.2) is 0 Å². The predicted molar refractivity (Wildman–Crippen MR) is 80.0 cm³/mol. The maximum Gasteiger partial charge on any atom is 0.407 e. The Hall–Kier alpha value is -1.75. The van der Waals surface area contributed by atoms with Crippen molar-refractivity contribution in [1.29, 1.82) is 0 Å². The topological polar surface area (TPSA) is 53.6 Å². The molecule has 1 unspecified atom stereocenters. The lowest BCUT2D eigenvalue weighted by Gasteiger charge is -2.22. The number of ether oxygens (including phenoxy) is 1. The molecular weight excluding hydrogens is 254 g/mol. The van der Waals surface area contributed by atoms with E-state index in [0.717, 1.165) is 32.6 Å². The SMILES string of the molecule is CCNCc1ccccc1N1CCC(NC(=O)OC)C1. The number of nitrogens with one attached hydrogen (secondary N) is 2. The molecule has 0 bridgehead atoms. The van der Waals surface area contributed by atoms with E-state index < -0.39 is 0 Å². The lowest BCUT2D eigenvalue weighted by atomic mass is 10.1. The van der Waals surface area contributed by atoms with Crippen LogP contribution in [0.15, 0.2) is 24.3 Å². The van der Waals surface area contributed by atoms with E-state index in [2.05, 4.69) is 51.5 Å². The molecule has 1 aliphatic heterocycles. The second-order valence-corrected chi connectivity index (χ2v) is 4.98. The second-order valence-electron chi connectivity index (χ2n) is 4.98. The Morgan fingerprint density at radius 1 is 1.45 bits per heavy atom. The maximum absolute atomic E-state index is 11.3. The molecule has 1 fully saturated rings. The number of hydrogen-bond acceptors (Lipinski definition) is 4. The van der Waals surface area contributed by atoms with Crippen LogP contribution >= 0.6 is 0 Å². The van der Waals surface area contributed by atoms with Gasteiger partial charge in [-0.3, -0.25) is 0 Å². The fourth-order valence-electron chi connectivity index (χ4n) is 2.55. The maximum atomic E-state index is 11.3. The monoisotopic (exact) mass is 277 g/mol. The molecule has 1 heterocycles. The van der Waals surface area contributed by atoms with Crippen LogP contribution in [0.5, 0.6) is 0 Å². The largest absolute Gasteiger partial charge is 0.453 e. The molecule has 0 saturated carbocycles. The molecule has 1 atom stereocenters. The molecule has 1 aromatic carbocycles. The lowest BCUT2D eigenvalue weighted by molar-refractivity contribution is 0.167. The number of anilines is 1. The Kier molecular flexibility index (Phi) is 5.24. The summed E-state index contributed by atoms with van der Waals surface area (Å²) in [5, 5.41) is 6.24. The normalized spacial score (nSPS) is 18.1. The number of methoxy groups -OCH3 is 1. The summed E-state index contributed by atoms with van der Waals surface area (Å²) in [4.78, 5) is 13.6. The summed E-state index contributed by atoms with van der Waals surface area (Å²) >= 11 is 0. The molecule has 0 spiro atoms. The van der Waals surface area contributed by atoms with Crippen molar-refractivity contribution in [3.63, 3.8) is 0 Å². The van der Waals surface area contributed by atoms with Gasteiger partial charge in [-0.1, -0.05) is 25.1 Å². The first-order valence-electron chi connectivity index (χ1n) is 7.12. The van der Waals surface area contributed by atoms with Crippen LogP contribution in [-0.4, -0.2) is 38.9 Å². The fraction of sp³-hybridized carbons (Fsp3) is 0.533. The van der Waals surface area contributed by atoms with Gasteiger partial charge in [0.1, 0.15) is 0 Å². The number of carbonyl (C=O) groups is 1. The summed E-state index contributed by atoms with van der Waals surface area (Å²) in [6.07, 6.45) is 0.600. The number of rotatable bonds is 5. The molecule has 1 amide bonds. The number of nitrogens with zero attached hydrogens (tertiary/aromatic N) is 1. The van der Waals surface area contributed by atoms with Gasteiger partial charge in [-0.25, -0.2) is 4.79 Å². The molecule has 110 valence electrons. The Morgan fingerprint density at radius 3 is 3.00 bits per heavy atom. The average molecular weight is 277 g/mol. The molecule has 2 rings (SSSR count). The van der Waals surface area contributed by atoms with Crippen LogP contribution in [0.25, 0.3) is 0 Å². The van der Waals surface area contributed by atoms with Gasteiger partial charge >= 0.3 is 6.09 Å². The zero-order chi connectivity index (χ0) is 14.4. The predicted octanol–water partition coefficient (Wildman–Crippen LogP) is 1.73. The summed E-state index contributed by atoms with van der Waals surface area (Å²) in [5.74, 6) is 0. The van der Waals surface area contributed by atoms with Gasteiger partial charge in [-0.2, -0.15) is 0 Å².